The number of rotatable bonds is 7. The Hall–Kier alpha value is -2.88. The molecule has 0 bridgehead atoms. The normalized spacial score (nSPS) is 13.6. The van der Waals surface area contributed by atoms with Gasteiger partial charge >= 0.3 is 0 Å². The molecule has 1 aliphatic heterocycles. The predicted molar refractivity (Wildman–Crippen MR) is 128 cm³/mol. The fourth-order valence-corrected chi connectivity index (χ4v) is 3.82. The molecule has 0 aliphatic carbocycles. The van der Waals surface area contributed by atoms with E-state index in [2.05, 4.69) is 30.5 Å². The molecule has 1 aliphatic rings. The number of thioether (sulfide) groups is 1. The second kappa shape index (κ2) is 10.6. The smallest absolute Gasteiger partial charge is 0.234 e. The van der Waals surface area contributed by atoms with Gasteiger partial charge in [0.1, 0.15) is 0 Å². The van der Waals surface area contributed by atoms with Crippen LogP contribution in [0.15, 0.2) is 53.7 Å². The molecule has 2 heterocycles. The third-order valence-electron chi connectivity index (χ3n) is 4.70. The van der Waals surface area contributed by atoms with E-state index in [9.17, 15) is 4.79 Å². The first-order chi connectivity index (χ1) is 15.6. The molecule has 8 nitrogen and oxygen atoms in total. The number of hydrogen-bond acceptors (Lipinski definition) is 8. The Morgan fingerprint density at radius 1 is 1.09 bits per heavy atom. The molecule has 0 atom stereocenters. The van der Waals surface area contributed by atoms with Crippen LogP contribution in [0.4, 0.5) is 23.3 Å². The number of halogens is 1. The zero-order valence-electron chi connectivity index (χ0n) is 17.5. The Kier molecular flexibility index (Phi) is 7.41. The third-order valence-corrected chi connectivity index (χ3v) is 5.97. The van der Waals surface area contributed by atoms with Crippen LogP contribution in [0.5, 0.6) is 0 Å². The maximum Gasteiger partial charge on any atom is 0.234 e. The topological polar surface area (TPSA) is 92.3 Å². The van der Waals surface area contributed by atoms with Crippen LogP contribution in [-0.4, -0.2) is 52.9 Å². The lowest BCUT2D eigenvalue weighted by Crippen LogP contribution is -2.37. The SMILES string of the molecule is Cc1cc(NC(=O)CSc2nc(Nc3ccccc3)nc(N3CCOCC3)n2)ccc1Cl. The van der Waals surface area contributed by atoms with Crippen molar-refractivity contribution in [1.29, 1.82) is 0 Å². The molecular formula is C22H23ClN6O2S. The quantitative estimate of drug-likeness (QED) is 0.497. The standard InChI is InChI=1S/C22H23ClN6O2S/c1-15-13-17(7-8-18(15)23)24-19(30)14-32-22-27-20(25-16-5-3-2-4-6-16)26-21(28-22)29-9-11-31-12-10-29/h2-8,13H,9-12,14H2,1H3,(H,24,30)(H,25,26,27,28). The molecule has 1 fully saturated rings. The van der Waals surface area contributed by atoms with E-state index >= 15 is 0 Å². The van der Waals surface area contributed by atoms with Crippen molar-refractivity contribution in [1.82, 2.24) is 15.0 Å². The molecule has 2 N–H and O–H groups in total. The van der Waals surface area contributed by atoms with Crippen molar-refractivity contribution in [2.45, 2.75) is 12.1 Å². The van der Waals surface area contributed by atoms with Gasteiger partial charge in [0, 0.05) is 29.5 Å². The van der Waals surface area contributed by atoms with Crippen LogP contribution >= 0.6 is 23.4 Å². The van der Waals surface area contributed by atoms with Crippen LogP contribution in [0, 0.1) is 6.92 Å². The van der Waals surface area contributed by atoms with E-state index in [1.807, 2.05) is 43.3 Å². The van der Waals surface area contributed by atoms with E-state index in [4.69, 9.17) is 16.3 Å². The van der Waals surface area contributed by atoms with Gasteiger partial charge in [0.2, 0.25) is 17.8 Å². The molecule has 0 saturated carbocycles. The number of amides is 1. The zero-order valence-corrected chi connectivity index (χ0v) is 19.1. The number of hydrogen-bond donors (Lipinski definition) is 2. The highest BCUT2D eigenvalue weighted by Gasteiger charge is 2.17. The summed E-state index contributed by atoms with van der Waals surface area (Å²) in [6.45, 7) is 4.55. The average molecular weight is 471 g/mol. The first-order valence-electron chi connectivity index (χ1n) is 10.2. The fraction of sp³-hybridized carbons (Fsp3) is 0.273. The van der Waals surface area contributed by atoms with Gasteiger partial charge in [0.25, 0.3) is 0 Å². The summed E-state index contributed by atoms with van der Waals surface area (Å²) in [6.07, 6.45) is 0. The molecular weight excluding hydrogens is 448 g/mol. The van der Waals surface area contributed by atoms with E-state index in [0.717, 1.165) is 11.3 Å². The Labute approximate surface area is 195 Å². The number of para-hydroxylation sites is 1. The molecule has 166 valence electrons. The second-order valence-corrected chi connectivity index (χ2v) is 8.48. The lowest BCUT2D eigenvalue weighted by Gasteiger charge is -2.27. The summed E-state index contributed by atoms with van der Waals surface area (Å²) in [5.41, 5.74) is 2.48. The van der Waals surface area contributed by atoms with Crippen molar-refractivity contribution in [3.63, 3.8) is 0 Å². The van der Waals surface area contributed by atoms with Crippen molar-refractivity contribution in [2.24, 2.45) is 0 Å². The number of morpholine rings is 1. The molecule has 4 rings (SSSR count). The molecule has 0 radical (unpaired) electrons. The zero-order chi connectivity index (χ0) is 22.3. The lowest BCUT2D eigenvalue weighted by molar-refractivity contribution is -0.113. The summed E-state index contributed by atoms with van der Waals surface area (Å²) in [7, 11) is 0. The Bertz CT molecular complexity index is 1080. The maximum atomic E-state index is 12.5. The second-order valence-electron chi connectivity index (χ2n) is 7.13. The van der Waals surface area contributed by atoms with Crippen LogP contribution in [0.1, 0.15) is 5.56 Å². The van der Waals surface area contributed by atoms with Gasteiger partial charge < -0.3 is 20.3 Å². The summed E-state index contributed by atoms with van der Waals surface area (Å²) in [6, 6.07) is 15.1. The number of benzene rings is 2. The summed E-state index contributed by atoms with van der Waals surface area (Å²) in [5, 5.41) is 7.23. The van der Waals surface area contributed by atoms with Gasteiger partial charge in [-0.25, -0.2) is 0 Å². The van der Waals surface area contributed by atoms with E-state index in [0.29, 0.717) is 54.1 Å². The Morgan fingerprint density at radius 3 is 2.62 bits per heavy atom. The minimum Gasteiger partial charge on any atom is -0.378 e. The number of nitrogens with zero attached hydrogens (tertiary/aromatic N) is 4. The number of anilines is 4. The molecule has 1 amide bonds. The van der Waals surface area contributed by atoms with Crippen LogP contribution < -0.4 is 15.5 Å². The monoisotopic (exact) mass is 470 g/mol. The predicted octanol–water partition coefficient (Wildman–Crippen LogP) is 4.14. The molecule has 1 aromatic heterocycles. The van der Waals surface area contributed by atoms with E-state index in [1.165, 1.54) is 11.8 Å². The van der Waals surface area contributed by atoms with Gasteiger partial charge in [-0.1, -0.05) is 41.6 Å². The first-order valence-corrected chi connectivity index (χ1v) is 11.5. The van der Waals surface area contributed by atoms with Crippen molar-refractivity contribution < 1.29 is 9.53 Å². The van der Waals surface area contributed by atoms with Crippen molar-refractivity contribution in [2.75, 3.05) is 47.6 Å². The van der Waals surface area contributed by atoms with E-state index < -0.39 is 0 Å². The lowest BCUT2D eigenvalue weighted by atomic mass is 10.2. The van der Waals surface area contributed by atoms with Gasteiger partial charge in [-0.3, -0.25) is 4.79 Å². The number of nitrogens with one attached hydrogen (secondary N) is 2. The largest absolute Gasteiger partial charge is 0.378 e. The first kappa shape index (κ1) is 22.3. The molecule has 0 spiro atoms. The highest BCUT2D eigenvalue weighted by molar-refractivity contribution is 7.99. The van der Waals surface area contributed by atoms with Gasteiger partial charge in [0.05, 0.1) is 19.0 Å². The van der Waals surface area contributed by atoms with Gasteiger partial charge in [-0.05, 0) is 42.8 Å². The number of aryl methyl sites for hydroxylation is 1. The Balaban J connectivity index is 1.47. The summed E-state index contributed by atoms with van der Waals surface area (Å²) in [4.78, 5) is 28.2. The maximum absolute atomic E-state index is 12.5. The molecule has 32 heavy (non-hydrogen) atoms. The number of ether oxygens (including phenoxy) is 1. The average Bonchev–Trinajstić information content (AvgIpc) is 2.81. The number of aromatic nitrogens is 3. The Morgan fingerprint density at radius 2 is 1.88 bits per heavy atom. The summed E-state index contributed by atoms with van der Waals surface area (Å²) >= 11 is 7.31. The minimum absolute atomic E-state index is 0.150. The van der Waals surface area contributed by atoms with Crippen molar-refractivity contribution in [3.05, 3.63) is 59.1 Å². The molecule has 3 aromatic rings. The fourth-order valence-electron chi connectivity index (χ4n) is 3.07. The highest BCUT2D eigenvalue weighted by Crippen LogP contribution is 2.23. The van der Waals surface area contributed by atoms with Crippen molar-refractivity contribution in [3.8, 4) is 0 Å². The summed E-state index contributed by atoms with van der Waals surface area (Å²) in [5.74, 6) is 1.02. The third kappa shape index (κ3) is 6.09. The number of carbonyl (C=O) groups excluding carboxylic acids is 1. The minimum atomic E-state index is -0.150. The van der Waals surface area contributed by atoms with Crippen LogP contribution in [0.2, 0.25) is 5.02 Å². The molecule has 10 heteroatoms. The van der Waals surface area contributed by atoms with Gasteiger partial charge in [-0.2, -0.15) is 15.0 Å². The molecule has 0 unspecified atom stereocenters. The van der Waals surface area contributed by atoms with Crippen molar-refractivity contribution >= 4 is 52.5 Å². The molecule has 1 saturated heterocycles. The van der Waals surface area contributed by atoms with E-state index in [1.54, 1.807) is 12.1 Å². The van der Waals surface area contributed by atoms with E-state index in [-0.39, 0.29) is 11.7 Å². The highest BCUT2D eigenvalue weighted by atomic mass is 35.5. The van der Waals surface area contributed by atoms with Gasteiger partial charge in [0.15, 0.2) is 5.16 Å². The van der Waals surface area contributed by atoms with Crippen LogP contribution in [-0.2, 0) is 9.53 Å². The van der Waals surface area contributed by atoms with Crippen LogP contribution in [0.3, 0.4) is 0 Å². The van der Waals surface area contributed by atoms with Crippen LogP contribution in [0.25, 0.3) is 0 Å². The number of carbonyl (C=O) groups is 1. The summed E-state index contributed by atoms with van der Waals surface area (Å²) < 4.78 is 5.43. The molecule has 2 aromatic carbocycles. The van der Waals surface area contributed by atoms with Gasteiger partial charge in [-0.15, -0.1) is 0 Å².